The zero-order chi connectivity index (χ0) is 15.7. The van der Waals surface area contributed by atoms with Crippen molar-refractivity contribution in [1.82, 2.24) is 0 Å². The van der Waals surface area contributed by atoms with Gasteiger partial charge in [0.05, 0.1) is 0 Å². The van der Waals surface area contributed by atoms with Crippen LogP contribution < -0.4 is 4.74 Å². The normalized spacial score (nSPS) is 12.3. The van der Waals surface area contributed by atoms with E-state index in [1.54, 1.807) is 0 Å². The summed E-state index contributed by atoms with van der Waals surface area (Å²) in [6.07, 6.45) is 0. The number of hydrogen-bond donors (Lipinski definition) is 0. The zero-order valence-electron chi connectivity index (χ0n) is 14.0. The van der Waals surface area contributed by atoms with Crippen LogP contribution in [0.3, 0.4) is 0 Å². The first-order valence-corrected chi connectivity index (χ1v) is 7.55. The standard InChI is InChI=1S/C20H26O/c1-15-7-9-16(10-8-15)20(5,6)17-11-13-18(14-12-17)21-19(2,3)4/h7-14H,1-6H3. The predicted molar refractivity (Wildman–Crippen MR) is 90.1 cm³/mol. The van der Waals surface area contributed by atoms with E-state index in [1.807, 2.05) is 0 Å². The average molecular weight is 282 g/mol. The van der Waals surface area contributed by atoms with Gasteiger partial charge in [0.25, 0.3) is 0 Å². The molecule has 0 aliphatic heterocycles. The first kappa shape index (κ1) is 15.6. The Morgan fingerprint density at radius 1 is 0.667 bits per heavy atom. The fourth-order valence-corrected chi connectivity index (χ4v) is 2.43. The summed E-state index contributed by atoms with van der Waals surface area (Å²) in [5.74, 6) is 0.922. The van der Waals surface area contributed by atoms with Gasteiger partial charge in [-0.2, -0.15) is 0 Å². The predicted octanol–water partition coefficient (Wildman–Crippen LogP) is 5.50. The van der Waals surface area contributed by atoms with E-state index in [9.17, 15) is 0 Å². The summed E-state index contributed by atoms with van der Waals surface area (Å²) in [6.45, 7) is 12.8. The summed E-state index contributed by atoms with van der Waals surface area (Å²) in [5, 5.41) is 0. The van der Waals surface area contributed by atoms with Crippen molar-refractivity contribution in [1.29, 1.82) is 0 Å². The molecule has 0 saturated carbocycles. The second kappa shape index (κ2) is 5.55. The molecule has 0 heterocycles. The van der Waals surface area contributed by atoms with Gasteiger partial charge >= 0.3 is 0 Å². The van der Waals surface area contributed by atoms with Crippen molar-refractivity contribution in [2.45, 2.75) is 52.6 Å². The summed E-state index contributed by atoms with van der Waals surface area (Å²) in [7, 11) is 0. The molecule has 2 aromatic carbocycles. The van der Waals surface area contributed by atoms with Gasteiger partial charge in [-0.15, -0.1) is 0 Å². The smallest absolute Gasteiger partial charge is 0.120 e. The second-order valence-corrected chi connectivity index (χ2v) is 7.23. The molecule has 0 spiro atoms. The third kappa shape index (κ3) is 3.87. The van der Waals surface area contributed by atoms with Crippen LogP contribution in [0.25, 0.3) is 0 Å². The molecule has 2 rings (SSSR count). The zero-order valence-corrected chi connectivity index (χ0v) is 14.0. The highest BCUT2D eigenvalue weighted by atomic mass is 16.5. The van der Waals surface area contributed by atoms with Crippen LogP contribution in [-0.4, -0.2) is 5.60 Å². The Morgan fingerprint density at radius 2 is 1.10 bits per heavy atom. The molecule has 0 radical (unpaired) electrons. The topological polar surface area (TPSA) is 9.23 Å². The molecular formula is C20H26O. The molecule has 1 heteroatoms. The Labute approximate surface area is 129 Å². The van der Waals surface area contributed by atoms with Crippen molar-refractivity contribution in [3.05, 3.63) is 65.2 Å². The largest absolute Gasteiger partial charge is 0.488 e. The summed E-state index contributed by atoms with van der Waals surface area (Å²) >= 11 is 0. The highest BCUT2D eigenvalue weighted by molar-refractivity contribution is 5.40. The van der Waals surface area contributed by atoms with Gasteiger partial charge in [0.15, 0.2) is 0 Å². The summed E-state index contributed by atoms with van der Waals surface area (Å²) in [4.78, 5) is 0. The molecule has 0 fully saturated rings. The van der Waals surface area contributed by atoms with E-state index >= 15 is 0 Å². The average Bonchev–Trinajstić information content (AvgIpc) is 2.38. The molecule has 112 valence electrons. The molecule has 0 atom stereocenters. The molecular weight excluding hydrogens is 256 g/mol. The van der Waals surface area contributed by atoms with Gasteiger partial charge in [-0.05, 0) is 51.0 Å². The third-order valence-corrected chi connectivity index (χ3v) is 3.77. The van der Waals surface area contributed by atoms with E-state index in [1.165, 1.54) is 16.7 Å². The Morgan fingerprint density at radius 3 is 1.52 bits per heavy atom. The Kier molecular flexibility index (Phi) is 4.13. The van der Waals surface area contributed by atoms with Gasteiger partial charge in [0.1, 0.15) is 11.4 Å². The van der Waals surface area contributed by atoms with Crippen LogP contribution in [0.2, 0.25) is 0 Å². The van der Waals surface area contributed by atoms with Gasteiger partial charge in [-0.1, -0.05) is 55.8 Å². The van der Waals surface area contributed by atoms with Crippen molar-refractivity contribution in [2.24, 2.45) is 0 Å². The lowest BCUT2D eigenvalue weighted by atomic mass is 9.78. The fraction of sp³-hybridized carbons (Fsp3) is 0.400. The monoisotopic (exact) mass is 282 g/mol. The van der Waals surface area contributed by atoms with E-state index in [0.717, 1.165) is 5.75 Å². The van der Waals surface area contributed by atoms with Crippen LogP contribution in [-0.2, 0) is 5.41 Å². The molecule has 1 nitrogen and oxygen atoms in total. The molecule has 0 N–H and O–H groups in total. The Balaban J connectivity index is 2.26. The van der Waals surface area contributed by atoms with Gasteiger partial charge in [-0.25, -0.2) is 0 Å². The molecule has 2 aromatic rings. The van der Waals surface area contributed by atoms with Crippen molar-refractivity contribution in [2.75, 3.05) is 0 Å². The second-order valence-electron chi connectivity index (χ2n) is 7.23. The van der Waals surface area contributed by atoms with Crippen LogP contribution >= 0.6 is 0 Å². The Bertz CT molecular complexity index is 583. The molecule has 0 aromatic heterocycles. The van der Waals surface area contributed by atoms with Gasteiger partial charge in [-0.3, -0.25) is 0 Å². The molecule has 0 bridgehead atoms. The molecule has 0 saturated heterocycles. The minimum absolute atomic E-state index is 0.00599. The van der Waals surface area contributed by atoms with E-state index < -0.39 is 0 Å². The van der Waals surface area contributed by atoms with Gasteiger partial charge < -0.3 is 4.74 Å². The molecule has 21 heavy (non-hydrogen) atoms. The number of aryl methyl sites for hydroxylation is 1. The van der Waals surface area contributed by atoms with E-state index in [-0.39, 0.29) is 11.0 Å². The maximum absolute atomic E-state index is 5.89. The molecule has 0 unspecified atom stereocenters. The van der Waals surface area contributed by atoms with Crippen LogP contribution in [0.15, 0.2) is 48.5 Å². The Hall–Kier alpha value is -1.76. The van der Waals surface area contributed by atoms with E-state index in [0.29, 0.717) is 0 Å². The minimum atomic E-state index is -0.159. The highest BCUT2D eigenvalue weighted by Crippen LogP contribution is 2.32. The number of ether oxygens (including phenoxy) is 1. The third-order valence-electron chi connectivity index (χ3n) is 3.77. The summed E-state index contributed by atoms with van der Waals surface area (Å²) in [5.41, 5.74) is 3.76. The summed E-state index contributed by atoms with van der Waals surface area (Å²) < 4.78 is 5.89. The van der Waals surface area contributed by atoms with Crippen molar-refractivity contribution >= 4 is 0 Å². The van der Waals surface area contributed by atoms with E-state index in [4.69, 9.17) is 4.74 Å². The lowest BCUT2D eigenvalue weighted by Crippen LogP contribution is -2.23. The molecule has 0 aliphatic carbocycles. The lowest BCUT2D eigenvalue weighted by molar-refractivity contribution is 0.131. The molecule has 0 aliphatic rings. The fourth-order valence-electron chi connectivity index (χ4n) is 2.43. The van der Waals surface area contributed by atoms with Gasteiger partial charge in [0.2, 0.25) is 0 Å². The van der Waals surface area contributed by atoms with Crippen LogP contribution in [0.1, 0.15) is 51.3 Å². The van der Waals surface area contributed by atoms with Crippen LogP contribution in [0.5, 0.6) is 5.75 Å². The summed E-state index contributed by atoms with van der Waals surface area (Å²) in [6, 6.07) is 17.3. The minimum Gasteiger partial charge on any atom is -0.488 e. The van der Waals surface area contributed by atoms with Crippen molar-refractivity contribution in [3.63, 3.8) is 0 Å². The van der Waals surface area contributed by atoms with E-state index in [2.05, 4.69) is 90.1 Å². The quantitative estimate of drug-likeness (QED) is 0.722. The number of hydrogen-bond acceptors (Lipinski definition) is 1. The van der Waals surface area contributed by atoms with Gasteiger partial charge in [0, 0.05) is 5.41 Å². The van der Waals surface area contributed by atoms with Crippen LogP contribution in [0.4, 0.5) is 0 Å². The SMILES string of the molecule is Cc1ccc(C(C)(C)c2ccc(OC(C)(C)C)cc2)cc1. The van der Waals surface area contributed by atoms with Crippen LogP contribution in [0, 0.1) is 6.92 Å². The molecule has 0 amide bonds. The first-order chi connectivity index (χ1) is 9.68. The highest BCUT2D eigenvalue weighted by Gasteiger charge is 2.23. The lowest BCUT2D eigenvalue weighted by Gasteiger charge is -2.27. The van der Waals surface area contributed by atoms with Crippen molar-refractivity contribution < 1.29 is 4.74 Å². The first-order valence-electron chi connectivity index (χ1n) is 7.55. The number of rotatable bonds is 3. The maximum atomic E-state index is 5.89. The van der Waals surface area contributed by atoms with Crippen molar-refractivity contribution in [3.8, 4) is 5.75 Å². The maximum Gasteiger partial charge on any atom is 0.120 e. The number of benzene rings is 2.